The van der Waals surface area contributed by atoms with Crippen molar-refractivity contribution in [1.29, 1.82) is 5.26 Å². The maximum absolute atomic E-state index is 9.84. The largest absolute Gasteiger partial charge is 0.344 e. The van der Waals surface area contributed by atoms with Crippen molar-refractivity contribution in [2.45, 2.75) is 13.8 Å². The molecule has 0 bridgehead atoms. The summed E-state index contributed by atoms with van der Waals surface area (Å²) < 4.78 is 17.9. The van der Waals surface area contributed by atoms with Crippen molar-refractivity contribution in [2.24, 2.45) is 28.2 Å². The van der Waals surface area contributed by atoms with Crippen molar-refractivity contribution in [3.63, 3.8) is 0 Å². The summed E-state index contributed by atoms with van der Waals surface area (Å²) in [6, 6.07) is 114. The highest BCUT2D eigenvalue weighted by molar-refractivity contribution is 6.19. The topological polar surface area (TPSA) is 80.7 Å². The number of rotatable bonds is 4. The van der Waals surface area contributed by atoms with E-state index in [1.165, 1.54) is 115 Å². The number of fused-ring (bicyclic) bond motifs is 24. The third-order valence-corrected chi connectivity index (χ3v) is 24.5. The number of para-hydroxylation sites is 7. The molecule has 564 valence electrons. The number of hydrogen-bond donors (Lipinski definition) is 0. The number of nitrogens with zero attached hydrogens (tertiary/aromatic N) is 13. The number of hydrogen-bond acceptors (Lipinski definition) is 1. The lowest BCUT2D eigenvalue weighted by Crippen LogP contribution is -1.97. The predicted molar refractivity (Wildman–Crippen MR) is 498 cm³/mol. The van der Waals surface area contributed by atoms with Gasteiger partial charge in [-0.05, 0) is 163 Å². The Bertz CT molecular complexity index is 8700. The first-order valence-corrected chi connectivity index (χ1v) is 39.8. The van der Waals surface area contributed by atoms with E-state index in [0.29, 0.717) is 28.3 Å². The van der Waals surface area contributed by atoms with E-state index in [0.717, 1.165) is 93.8 Å². The lowest BCUT2D eigenvalue weighted by atomic mass is 10.1. The summed E-state index contributed by atoms with van der Waals surface area (Å²) in [5, 5.41) is 28.7. The second-order valence-corrected chi connectivity index (χ2v) is 31.0. The molecule has 16 aromatic carbocycles. The first-order chi connectivity index (χ1) is 58.8. The molecule has 8 heterocycles. The van der Waals surface area contributed by atoms with Crippen LogP contribution in [0.4, 0.5) is 22.7 Å². The molecule has 0 amide bonds. The highest BCUT2D eigenvalue weighted by Crippen LogP contribution is 2.45. The van der Waals surface area contributed by atoms with Gasteiger partial charge in [-0.3, -0.25) is 0 Å². The van der Waals surface area contributed by atoms with E-state index in [-0.39, 0.29) is 0 Å². The van der Waals surface area contributed by atoms with Gasteiger partial charge in [0.05, 0.1) is 87.0 Å². The van der Waals surface area contributed by atoms with Crippen LogP contribution in [-0.2, 0) is 28.2 Å². The minimum absolute atomic E-state index is 0.578. The van der Waals surface area contributed by atoms with Crippen LogP contribution in [0.15, 0.2) is 322 Å². The van der Waals surface area contributed by atoms with E-state index >= 15 is 0 Å². The van der Waals surface area contributed by atoms with E-state index < -0.39 is 0 Å². The molecule has 0 radical (unpaired) electrons. The second kappa shape index (κ2) is 27.8. The summed E-state index contributed by atoms with van der Waals surface area (Å²) in [4.78, 5) is 14.9. The summed E-state index contributed by atoms with van der Waals surface area (Å²) in [6.45, 7) is 34.5. The molecule has 0 unspecified atom stereocenters. The molecule has 8 aromatic heterocycles. The third kappa shape index (κ3) is 10.9. The van der Waals surface area contributed by atoms with Crippen LogP contribution in [0.5, 0.6) is 0 Å². The Morgan fingerprint density at radius 3 is 1.07 bits per heavy atom. The van der Waals surface area contributed by atoms with Gasteiger partial charge >= 0.3 is 0 Å². The molecular formula is C107H71N13. The van der Waals surface area contributed by atoms with Gasteiger partial charge in [0.25, 0.3) is 0 Å². The smallest absolute Gasteiger partial charge is 0.211 e. The highest BCUT2D eigenvalue weighted by Gasteiger charge is 2.23. The summed E-state index contributed by atoms with van der Waals surface area (Å²) in [5.74, 6) is 0. The van der Waals surface area contributed by atoms with Gasteiger partial charge in [0.1, 0.15) is 6.07 Å². The van der Waals surface area contributed by atoms with Gasteiger partial charge in [-0.2, -0.15) is 5.26 Å². The maximum atomic E-state index is 9.84. The summed E-state index contributed by atoms with van der Waals surface area (Å²) in [7, 11) is 8.45. The van der Waals surface area contributed by atoms with Crippen molar-refractivity contribution in [2.75, 3.05) is 0 Å². The monoisotopic (exact) mass is 1540 g/mol. The van der Waals surface area contributed by atoms with E-state index in [9.17, 15) is 5.26 Å². The standard InChI is InChI=1S/C27H16N4.2C27H19N3.C26H17N3/c1-29-23-11-6-10-22-21-9-5-7-17(16-28)26(21)31(27(22)23)18-13-14-20-19-8-3-4-12-24(19)30(2)25(20)15-18;1-17-8-12-25-22(14-17)23-15-18(28-2)9-13-26(23)30(25)19-10-11-21-20-6-4-5-7-24(20)29(3)27(21)16-19;1-17-8-11-22-23-12-9-18(28-2)15-27(23)30(26(22)14-17)19-10-13-21-20-6-4-5-7-24(20)29(3)25(21)16-19;1-27-21-10-7-13-24-26(21)20-9-4-6-12-23(20)29(24)17-14-15-19-18-8-3-5-11-22(18)28(2)25(19)16-17/h3-15H,2H3;2*4-16H,1,3H3;3-16H,2H3. The van der Waals surface area contributed by atoms with Crippen molar-refractivity contribution < 1.29 is 0 Å². The van der Waals surface area contributed by atoms with Gasteiger partial charge < -0.3 is 36.5 Å². The van der Waals surface area contributed by atoms with Gasteiger partial charge in [-0.15, -0.1) is 0 Å². The predicted octanol–water partition coefficient (Wildman–Crippen LogP) is 28.4. The molecule has 13 heteroatoms. The average molecular weight is 1540 g/mol. The van der Waals surface area contributed by atoms with Crippen molar-refractivity contribution in [3.8, 4) is 28.8 Å². The molecule has 0 spiro atoms. The van der Waals surface area contributed by atoms with Gasteiger partial charge in [-0.1, -0.05) is 200 Å². The normalized spacial score (nSPS) is 11.5. The van der Waals surface area contributed by atoms with Gasteiger partial charge in [-0.25, -0.2) is 19.4 Å². The Labute approximate surface area is 689 Å². The second-order valence-electron chi connectivity index (χ2n) is 31.0. The first kappa shape index (κ1) is 71.2. The van der Waals surface area contributed by atoms with Crippen LogP contribution in [0.3, 0.4) is 0 Å². The van der Waals surface area contributed by atoms with E-state index in [1.807, 2.05) is 78.9 Å². The molecular weight excluding hydrogens is 1470 g/mol. The Morgan fingerprint density at radius 1 is 0.233 bits per heavy atom. The van der Waals surface area contributed by atoms with Crippen molar-refractivity contribution in [1.82, 2.24) is 36.5 Å². The van der Waals surface area contributed by atoms with Crippen LogP contribution in [0.2, 0.25) is 0 Å². The molecule has 0 saturated heterocycles. The maximum Gasteiger partial charge on any atom is 0.211 e. The number of aryl methyl sites for hydroxylation is 6. The highest BCUT2D eigenvalue weighted by atomic mass is 15.0. The molecule has 13 nitrogen and oxygen atoms in total. The zero-order valence-corrected chi connectivity index (χ0v) is 66.4. The lowest BCUT2D eigenvalue weighted by molar-refractivity contribution is 1.01. The van der Waals surface area contributed by atoms with Crippen LogP contribution in [0, 0.1) is 51.5 Å². The van der Waals surface area contributed by atoms with Crippen molar-refractivity contribution in [3.05, 3.63) is 384 Å². The lowest BCUT2D eigenvalue weighted by Gasteiger charge is -2.11. The van der Waals surface area contributed by atoms with Crippen molar-refractivity contribution >= 4 is 197 Å². The minimum Gasteiger partial charge on any atom is -0.344 e. The Kier molecular flexibility index (Phi) is 16.5. The average Bonchev–Trinajstić information content (AvgIpc) is 1.62. The van der Waals surface area contributed by atoms with Crippen LogP contribution in [0.25, 0.3) is 217 Å². The van der Waals surface area contributed by atoms with Crippen LogP contribution < -0.4 is 0 Å². The van der Waals surface area contributed by atoms with Gasteiger partial charge in [0.2, 0.25) is 5.69 Å². The minimum atomic E-state index is 0.578. The summed E-state index contributed by atoms with van der Waals surface area (Å²) in [5.41, 5.74) is 28.0. The molecule has 0 atom stereocenters. The fourth-order valence-corrected chi connectivity index (χ4v) is 19.0. The molecule has 0 aliphatic carbocycles. The molecule has 0 aliphatic rings. The zero-order chi connectivity index (χ0) is 81.5. The van der Waals surface area contributed by atoms with Crippen LogP contribution in [0.1, 0.15) is 16.7 Å². The Balaban J connectivity index is 0.0000000990. The third-order valence-electron chi connectivity index (χ3n) is 24.5. The molecule has 0 aliphatic heterocycles. The fraction of sp³-hybridized carbons (Fsp3) is 0.0561. The fourth-order valence-electron chi connectivity index (χ4n) is 19.0. The molecule has 24 aromatic rings. The Hall–Kier alpha value is -16.6. The summed E-state index contributed by atoms with van der Waals surface area (Å²) in [6.07, 6.45) is 0. The van der Waals surface area contributed by atoms with E-state index in [1.54, 1.807) is 0 Å². The van der Waals surface area contributed by atoms with Gasteiger partial charge in [0.15, 0.2) is 17.1 Å². The van der Waals surface area contributed by atoms with E-state index in [4.69, 9.17) is 26.3 Å². The molecule has 0 N–H and O–H groups in total. The number of nitriles is 1. The molecule has 24 rings (SSSR count). The summed E-state index contributed by atoms with van der Waals surface area (Å²) >= 11 is 0. The van der Waals surface area contributed by atoms with Gasteiger partial charge in [0, 0.05) is 154 Å². The number of benzene rings is 16. The van der Waals surface area contributed by atoms with E-state index in [2.05, 4.69) is 347 Å². The zero-order valence-electron chi connectivity index (χ0n) is 66.4. The molecule has 0 saturated carbocycles. The molecule has 120 heavy (non-hydrogen) atoms. The Morgan fingerprint density at radius 2 is 0.567 bits per heavy atom. The van der Waals surface area contributed by atoms with Crippen LogP contribution in [-0.4, -0.2) is 36.5 Å². The molecule has 0 fully saturated rings. The quantitative estimate of drug-likeness (QED) is 0.162. The SMILES string of the molecule is [C-]#[N+]c1ccc2c(c1)c1cc(C)ccc1n2-c1ccc2c3ccccc3n(C)c2c1.[C-]#[N+]c1ccc2c3ccc(C)cc3n(-c3ccc4c5ccccc5n(C)c4c3)c2c1.[C-]#[N+]c1cccc2c1c1ccccc1n2-c1ccc2c3ccccc3n(C)c2c1.[C-]#[N+]c1cccc2c3cccc(C#N)c3n(-c3ccc4c5ccccc5n(C)c4c3)c12. The first-order valence-electron chi connectivity index (χ1n) is 39.8. The van der Waals surface area contributed by atoms with Crippen LogP contribution >= 0.6 is 0 Å². The number of aromatic nitrogens is 8.